The Bertz CT molecular complexity index is 732. The molecule has 2 aromatic rings. The van der Waals surface area contributed by atoms with Gasteiger partial charge in [-0.15, -0.1) is 0 Å². The molecule has 1 aliphatic heterocycles. The number of nitrogens with one attached hydrogen (secondary N) is 1. The minimum atomic E-state index is -0.0603. The molecule has 1 aliphatic carbocycles. The highest BCUT2D eigenvalue weighted by molar-refractivity contribution is 5.89. The van der Waals surface area contributed by atoms with E-state index in [-0.39, 0.29) is 11.9 Å². The van der Waals surface area contributed by atoms with Crippen molar-refractivity contribution in [3.05, 3.63) is 30.6 Å². The first-order valence-electron chi connectivity index (χ1n) is 8.71. The van der Waals surface area contributed by atoms with E-state index in [1.807, 2.05) is 25.1 Å². The molecule has 2 fully saturated rings. The molecule has 1 saturated heterocycles. The number of hydrogen-bond donors (Lipinski definition) is 1. The molecule has 4 rings (SSSR count). The van der Waals surface area contributed by atoms with Crippen molar-refractivity contribution in [1.82, 2.24) is 20.2 Å². The van der Waals surface area contributed by atoms with Crippen LogP contribution in [0.25, 0.3) is 10.9 Å². The molecule has 1 N–H and O–H groups in total. The van der Waals surface area contributed by atoms with Gasteiger partial charge < -0.3 is 10.2 Å². The normalized spacial score (nSPS) is 20.1. The van der Waals surface area contributed by atoms with Crippen molar-refractivity contribution in [3.63, 3.8) is 0 Å². The Morgan fingerprint density at radius 3 is 2.67 bits per heavy atom. The molecular formula is C18H23N5O. The zero-order valence-corrected chi connectivity index (χ0v) is 14.0. The number of aromatic nitrogens is 2. The van der Waals surface area contributed by atoms with Crippen LogP contribution in [0.1, 0.15) is 19.8 Å². The summed E-state index contributed by atoms with van der Waals surface area (Å²) in [5, 5.41) is 4.19. The lowest BCUT2D eigenvalue weighted by molar-refractivity contribution is -0.126. The molecule has 1 aromatic carbocycles. The van der Waals surface area contributed by atoms with Crippen molar-refractivity contribution < 1.29 is 4.79 Å². The molecule has 1 amide bonds. The van der Waals surface area contributed by atoms with Crippen LogP contribution >= 0.6 is 0 Å². The number of amides is 1. The van der Waals surface area contributed by atoms with Crippen molar-refractivity contribution >= 4 is 22.6 Å². The van der Waals surface area contributed by atoms with E-state index in [0.717, 1.165) is 55.7 Å². The number of nitrogens with zero attached hydrogens (tertiary/aromatic N) is 4. The molecule has 6 heteroatoms. The number of rotatable bonds is 4. The average Bonchev–Trinajstić information content (AvgIpc) is 3.45. The Kier molecular flexibility index (Phi) is 4.06. The molecule has 0 radical (unpaired) electrons. The van der Waals surface area contributed by atoms with Gasteiger partial charge in [0.2, 0.25) is 5.91 Å². The molecule has 2 aliphatic rings. The third-order valence-corrected chi connectivity index (χ3v) is 4.99. The van der Waals surface area contributed by atoms with Gasteiger partial charge in [-0.1, -0.05) is 12.1 Å². The van der Waals surface area contributed by atoms with Gasteiger partial charge in [0.05, 0.1) is 11.6 Å². The maximum absolute atomic E-state index is 12.2. The van der Waals surface area contributed by atoms with Crippen molar-refractivity contribution in [2.24, 2.45) is 0 Å². The van der Waals surface area contributed by atoms with Crippen LogP contribution in [0.3, 0.4) is 0 Å². The lowest BCUT2D eigenvalue weighted by Crippen LogP contribution is -2.54. The van der Waals surface area contributed by atoms with Gasteiger partial charge in [-0.3, -0.25) is 9.69 Å². The van der Waals surface area contributed by atoms with Crippen LogP contribution in [0.2, 0.25) is 0 Å². The predicted octanol–water partition coefficient (Wildman–Crippen LogP) is 1.42. The third kappa shape index (κ3) is 3.06. The predicted molar refractivity (Wildman–Crippen MR) is 94.0 cm³/mol. The lowest BCUT2D eigenvalue weighted by Gasteiger charge is -2.38. The quantitative estimate of drug-likeness (QED) is 0.921. The Morgan fingerprint density at radius 1 is 1.17 bits per heavy atom. The van der Waals surface area contributed by atoms with Crippen molar-refractivity contribution in [1.29, 1.82) is 0 Å². The summed E-state index contributed by atoms with van der Waals surface area (Å²) >= 11 is 0. The van der Waals surface area contributed by atoms with Gasteiger partial charge in [0.1, 0.15) is 12.1 Å². The second-order valence-electron chi connectivity index (χ2n) is 6.70. The minimum Gasteiger partial charge on any atom is -0.353 e. The zero-order chi connectivity index (χ0) is 16.5. The van der Waals surface area contributed by atoms with Crippen LogP contribution in [0.4, 0.5) is 5.82 Å². The molecule has 1 atom stereocenters. The summed E-state index contributed by atoms with van der Waals surface area (Å²) in [6.07, 6.45) is 3.90. The van der Waals surface area contributed by atoms with Gasteiger partial charge in [-0.05, 0) is 31.9 Å². The topological polar surface area (TPSA) is 61.4 Å². The van der Waals surface area contributed by atoms with Gasteiger partial charge in [0.25, 0.3) is 0 Å². The van der Waals surface area contributed by atoms with Crippen LogP contribution in [0, 0.1) is 0 Å². The molecular weight excluding hydrogens is 302 g/mol. The summed E-state index contributed by atoms with van der Waals surface area (Å²) in [6, 6.07) is 8.47. The monoisotopic (exact) mass is 325 g/mol. The summed E-state index contributed by atoms with van der Waals surface area (Å²) < 4.78 is 0. The molecule has 0 unspecified atom stereocenters. The highest BCUT2D eigenvalue weighted by Crippen LogP contribution is 2.24. The van der Waals surface area contributed by atoms with E-state index in [0.29, 0.717) is 6.04 Å². The first-order valence-corrected chi connectivity index (χ1v) is 8.71. The fourth-order valence-electron chi connectivity index (χ4n) is 3.28. The van der Waals surface area contributed by atoms with E-state index < -0.39 is 0 Å². The average molecular weight is 325 g/mol. The molecule has 6 nitrogen and oxygen atoms in total. The molecule has 1 saturated carbocycles. The second-order valence-corrected chi connectivity index (χ2v) is 6.70. The van der Waals surface area contributed by atoms with Crippen LogP contribution in [-0.2, 0) is 4.79 Å². The fraction of sp³-hybridized carbons (Fsp3) is 0.500. The first kappa shape index (κ1) is 15.3. The van der Waals surface area contributed by atoms with E-state index >= 15 is 0 Å². The Balaban J connectivity index is 1.42. The van der Waals surface area contributed by atoms with Gasteiger partial charge in [-0.2, -0.15) is 0 Å². The number of carbonyl (C=O) groups excluding carboxylic acids is 1. The summed E-state index contributed by atoms with van der Waals surface area (Å²) in [5.41, 5.74) is 0.974. The summed E-state index contributed by atoms with van der Waals surface area (Å²) in [4.78, 5) is 25.6. The standard InChI is InChI=1S/C18H23N5O/c1-13(18(24)21-14-6-7-14)22-8-10-23(11-9-22)17-15-4-2-3-5-16(15)19-12-20-17/h2-5,12-14H,6-11H2,1H3,(H,21,24)/t13-/m1/s1. The molecule has 126 valence electrons. The molecule has 2 heterocycles. The maximum atomic E-state index is 12.2. The number of benzene rings is 1. The molecule has 1 aromatic heterocycles. The third-order valence-electron chi connectivity index (χ3n) is 4.99. The van der Waals surface area contributed by atoms with Crippen molar-refractivity contribution in [2.75, 3.05) is 31.1 Å². The summed E-state index contributed by atoms with van der Waals surface area (Å²) in [5.74, 6) is 1.16. The van der Waals surface area contributed by atoms with E-state index in [1.54, 1.807) is 6.33 Å². The second kappa shape index (κ2) is 6.36. The van der Waals surface area contributed by atoms with Crippen LogP contribution in [0.5, 0.6) is 0 Å². The molecule has 0 bridgehead atoms. The Morgan fingerprint density at radius 2 is 1.92 bits per heavy atom. The Hall–Kier alpha value is -2.21. The van der Waals surface area contributed by atoms with Gasteiger partial charge >= 0.3 is 0 Å². The maximum Gasteiger partial charge on any atom is 0.237 e. The SMILES string of the molecule is C[C@H](C(=O)NC1CC1)N1CCN(c2ncnc3ccccc23)CC1. The summed E-state index contributed by atoms with van der Waals surface area (Å²) in [6.45, 7) is 5.51. The van der Waals surface area contributed by atoms with E-state index in [1.165, 1.54) is 0 Å². The number of piperazine rings is 1. The van der Waals surface area contributed by atoms with Crippen LogP contribution in [-0.4, -0.2) is 59.0 Å². The van der Waals surface area contributed by atoms with Gasteiger partial charge in [0, 0.05) is 37.6 Å². The first-order chi connectivity index (χ1) is 11.7. The largest absolute Gasteiger partial charge is 0.353 e. The highest BCUT2D eigenvalue weighted by Gasteiger charge is 2.30. The Labute approximate surface area is 141 Å². The minimum absolute atomic E-state index is 0.0603. The number of hydrogen-bond acceptors (Lipinski definition) is 5. The highest BCUT2D eigenvalue weighted by atomic mass is 16.2. The lowest BCUT2D eigenvalue weighted by atomic mass is 10.2. The molecule has 0 spiro atoms. The smallest absolute Gasteiger partial charge is 0.237 e. The van der Waals surface area contributed by atoms with E-state index in [2.05, 4.69) is 31.2 Å². The fourth-order valence-corrected chi connectivity index (χ4v) is 3.28. The van der Waals surface area contributed by atoms with Gasteiger partial charge in [0.15, 0.2) is 0 Å². The molecule has 24 heavy (non-hydrogen) atoms. The van der Waals surface area contributed by atoms with E-state index in [4.69, 9.17) is 0 Å². The van der Waals surface area contributed by atoms with E-state index in [9.17, 15) is 4.79 Å². The van der Waals surface area contributed by atoms with Crippen LogP contribution < -0.4 is 10.2 Å². The van der Waals surface area contributed by atoms with Crippen molar-refractivity contribution in [3.8, 4) is 0 Å². The number of para-hydroxylation sites is 1. The number of anilines is 1. The van der Waals surface area contributed by atoms with Crippen LogP contribution in [0.15, 0.2) is 30.6 Å². The summed E-state index contributed by atoms with van der Waals surface area (Å²) in [7, 11) is 0. The zero-order valence-electron chi connectivity index (χ0n) is 14.0. The van der Waals surface area contributed by atoms with Gasteiger partial charge in [-0.25, -0.2) is 9.97 Å². The number of carbonyl (C=O) groups is 1. The number of fused-ring (bicyclic) bond motifs is 1. The van der Waals surface area contributed by atoms with Crippen molar-refractivity contribution in [2.45, 2.75) is 31.8 Å².